The molecule has 9 nitrogen and oxygen atoms in total. The molecule has 4 N–H and O–H groups in total. The number of benzene rings is 1. The third-order valence-electron chi connectivity index (χ3n) is 4.24. The SMILES string of the molecule is CNOCc1ccc(NC(=O)CNC(=O)C(NC(=O)CCCC(C)=O)C(C)C)cc1. The van der Waals surface area contributed by atoms with Crippen LogP contribution in [0.15, 0.2) is 24.3 Å². The van der Waals surface area contributed by atoms with Gasteiger partial charge in [-0.25, -0.2) is 5.48 Å². The van der Waals surface area contributed by atoms with E-state index in [0.29, 0.717) is 25.1 Å². The maximum atomic E-state index is 12.4. The van der Waals surface area contributed by atoms with Gasteiger partial charge in [0.15, 0.2) is 0 Å². The minimum atomic E-state index is -0.755. The van der Waals surface area contributed by atoms with Crippen LogP contribution in [-0.2, 0) is 30.6 Å². The van der Waals surface area contributed by atoms with Crippen molar-refractivity contribution in [1.29, 1.82) is 0 Å². The highest BCUT2D eigenvalue weighted by atomic mass is 16.6. The van der Waals surface area contributed by atoms with Gasteiger partial charge in [0.05, 0.1) is 13.2 Å². The van der Waals surface area contributed by atoms with Gasteiger partial charge < -0.3 is 20.7 Å². The Hall–Kier alpha value is -2.78. The summed E-state index contributed by atoms with van der Waals surface area (Å²) in [7, 11) is 1.67. The van der Waals surface area contributed by atoms with Crippen LogP contribution in [0, 0.1) is 5.92 Å². The van der Waals surface area contributed by atoms with E-state index in [4.69, 9.17) is 4.84 Å². The molecule has 1 unspecified atom stereocenters. The number of carbonyl (C=O) groups is 4. The fourth-order valence-corrected chi connectivity index (χ4v) is 2.60. The quantitative estimate of drug-likeness (QED) is 0.356. The minimum absolute atomic E-state index is 0.0212. The van der Waals surface area contributed by atoms with Crippen molar-refractivity contribution in [3.05, 3.63) is 29.8 Å². The third kappa shape index (κ3) is 10.1. The predicted octanol–water partition coefficient (Wildman–Crippen LogP) is 1.29. The molecular weight excluding hydrogens is 388 g/mol. The zero-order valence-electron chi connectivity index (χ0n) is 18.0. The zero-order valence-corrected chi connectivity index (χ0v) is 18.0. The van der Waals surface area contributed by atoms with Gasteiger partial charge in [-0.15, -0.1) is 0 Å². The first-order valence-corrected chi connectivity index (χ1v) is 9.96. The fourth-order valence-electron chi connectivity index (χ4n) is 2.60. The van der Waals surface area contributed by atoms with E-state index in [1.807, 2.05) is 12.1 Å². The molecule has 0 bridgehead atoms. The highest BCUT2D eigenvalue weighted by Crippen LogP contribution is 2.10. The number of carbonyl (C=O) groups excluding carboxylic acids is 4. The Morgan fingerprint density at radius 1 is 1.00 bits per heavy atom. The molecule has 0 saturated carbocycles. The number of hydrogen-bond acceptors (Lipinski definition) is 6. The predicted molar refractivity (Wildman–Crippen MR) is 113 cm³/mol. The van der Waals surface area contributed by atoms with Gasteiger partial charge in [0.25, 0.3) is 0 Å². The lowest BCUT2D eigenvalue weighted by molar-refractivity contribution is -0.131. The highest BCUT2D eigenvalue weighted by Gasteiger charge is 2.24. The number of Topliss-reactive ketones (excluding diaryl/α,β-unsaturated/α-hetero) is 1. The zero-order chi connectivity index (χ0) is 22.5. The minimum Gasteiger partial charge on any atom is -0.345 e. The Labute approximate surface area is 177 Å². The molecular formula is C21H32N4O5. The van der Waals surface area contributed by atoms with E-state index < -0.39 is 11.9 Å². The number of rotatable bonds is 13. The van der Waals surface area contributed by atoms with Crippen LogP contribution in [-0.4, -0.2) is 43.1 Å². The normalized spacial score (nSPS) is 11.6. The van der Waals surface area contributed by atoms with E-state index in [1.165, 1.54) is 6.92 Å². The van der Waals surface area contributed by atoms with Crippen molar-refractivity contribution in [2.24, 2.45) is 5.92 Å². The summed E-state index contributed by atoms with van der Waals surface area (Å²) in [5, 5.41) is 7.93. The highest BCUT2D eigenvalue weighted by molar-refractivity contribution is 5.96. The number of nitrogens with one attached hydrogen (secondary N) is 4. The average Bonchev–Trinajstić information content (AvgIpc) is 2.69. The molecule has 1 atom stereocenters. The molecule has 0 aromatic heterocycles. The summed E-state index contributed by atoms with van der Waals surface area (Å²) in [5.74, 6) is -1.24. The van der Waals surface area contributed by atoms with Gasteiger partial charge in [0.1, 0.15) is 11.8 Å². The summed E-state index contributed by atoms with van der Waals surface area (Å²) in [6.07, 6.45) is 0.942. The second-order valence-corrected chi connectivity index (χ2v) is 7.30. The second-order valence-electron chi connectivity index (χ2n) is 7.30. The summed E-state index contributed by atoms with van der Waals surface area (Å²) < 4.78 is 0. The lowest BCUT2D eigenvalue weighted by Crippen LogP contribution is -2.51. The molecule has 1 aromatic rings. The molecule has 0 aliphatic carbocycles. The molecule has 1 aromatic carbocycles. The van der Waals surface area contributed by atoms with Crippen LogP contribution >= 0.6 is 0 Å². The Morgan fingerprint density at radius 2 is 1.67 bits per heavy atom. The number of ketones is 1. The number of amides is 3. The van der Waals surface area contributed by atoms with E-state index in [2.05, 4.69) is 21.4 Å². The van der Waals surface area contributed by atoms with Crippen LogP contribution in [0.3, 0.4) is 0 Å². The van der Waals surface area contributed by atoms with Gasteiger partial charge in [0, 0.05) is 25.6 Å². The molecule has 3 amide bonds. The Kier molecular flexibility index (Phi) is 11.3. The molecule has 9 heteroatoms. The van der Waals surface area contributed by atoms with Crippen molar-refractivity contribution in [3.63, 3.8) is 0 Å². The van der Waals surface area contributed by atoms with Crippen molar-refractivity contribution in [2.45, 2.75) is 52.7 Å². The Bertz CT molecular complexity index is 719. The summed E-state index contributed by atoms with van der Waals surface area (Å²) in [5.41, 5.74) is 4.12. The first-order valence-electron chi connectivity index (χ1n) is 9.96. The second kappa shape index (κ2) is 13.4. The molecule has 166 valence electrons. The Balaban J connectivity index is 2.47. The average molecular weight is 421 g/mol. The lowest BCUT2D eigenvalue weighted by atomic mass is 10.0. The van der Waals surface area contributed by atoms with Gasteiger partial charge in [-0.3, -0.25) is 19.2 Å². The maximum absolute atomic E-state index is 12.4. The van der Waals surface area contributed by atoms with Crippen LogP contribution in [0.1, 0.15) is 45.6 Å². The van der Waals surface area contributed by atoms with E-state index in [9.17, 15) is 19.2 Å². The van der Waals surface area contributed by atoms with Crippen LogP contribution in [0.25, 0.3) is 0 Å². The molecule has 0 fully saturated rings. The molecule has 30 heavy (non-hydrogen) atoms. The summed E-state index contributed by atoms with van der Waals surface area (Å²) in [6, 6.07) is 6.37. The molecule has 0 radical (unpaired) electrons. The van der Waals surface area contributed by atoms with E-state index in [0.717, 1.165) is 5.56 Å². The van der Waals surface area contributed by atoms with Gasteiger partial charge in [-0.05, 0) is 37.0 Å². The van der Waals surface area contributed by atoms with E-state index in [1.54, 1.807) is 33.0 Å². The summed E-state index contributed by atoms with van der Waals surface area (Å²) in [4.78, 5) is 52.6. The van der Waals surface area contributed by atoms with Gasteiger partial charge >= 0.3 is 0 Å². The molecule has 0 spiro atoms. The van der Waals surface area contributed by atoms with E-state index in [-0.39, 0.29) is 36.5 Å². The van der Waals surface area contributed by atoms with Crippen LogP contribution < -0.4 is 21.4 Å². The number of hydroxylamine groups is 1. The molecule has 0 heterocycles. The van der Waals surface area contributed by atoms with Gasteiger partial charge in [0.2, 0.25) is 17.7 Å². The Morgan fingerprint density at radius 3 is 2.23 bits per heavy atom. The standard InChI is InChI=1S/C21H32N4O5/c1-14(2)20(25-18(27)7-5-6-15(3)26)21(29)23-12-19(28)24-17-10-8-16(9-11-17)13-30-22-4/h8-11,14,20,22H,5-7,12-13H2,1-4H3,(H,23,29)(H,24,28)(H,25,27). The van der Waals surface area contributed by atoms with Crippen molar-refractivity contribution in [2.75, 3.05) is 18.9 Å². The van der Waals surface area contributed by atoms with Crippen molar-refractivity contribution < 1.29 is 24.0 Å². The smallest absolute Gasteiger partial charge is 0.243 e. The number of anilines is 1. The molecule has 0 aliphatic rings. The number of hydrogen-bond donors (Lipinski definition) is 4. The monoisotopic (exact) mass is 420 g/mol. The first kappa shape index (κ1) is 25.3. The van der Waals surface area contributed by atoms with Crippen LogP contribution in [0.2, 0.25) is 0 Å². The summed E-state index contributed by atoms with van der Waals surface area (Å²) >= 11 is 0. The van der Waals surface area contributed by atoms with E-state index >= 15 is 0 Å². The molecule has 0 saturated heterocycles. The topological polar surface area (TPSA) is 126 Å². The van der Waals surface area contributed by atoms with Crippen molar-refractivity contribution >= 4 is 29.2 Å². The fraction of sp³-hybridized carbons (Fsp3) is 0.524. The van der Waals surface area contributed by atoms with Crippen LogP contribution in [0.4, 0.5) is 5.69 Å². The van der Waals surface area contributed by atoms with Gasteiger partial charge in [-0.2, -0.15) is 0 Å². The van der Waals surface area contributed by atoms with Gasteiger partial charge in [-0.1, -0.05) is 26.0 Å². The van der Waals surface area contributed by atoms with Crippen molar-refractivity contribution in [1.82, 2.24) is 16.1 Å². The summed E-state index contributed by atoms with van der Waals surface area (Å²) in [6.45, 7) is 5.27. The van der Waals surface area contributed by atoms with Crippen molar-refractivity contribution in [3.8, 4) is 0 Å². The largest absolute Gasteiger partial charge is 0.345 e. The lowest BCUT2D eigenvalue weighted by Gasteiger charge is -2.21. The third-order valence-corrected chi connectivity index (χ3v) is 4.24. The molecule has 1 rings (SSSR count). The molecule has 0 aliphatic heterocycles. The van der Waals surface area contributed by atoms with Crippen LogP contribution in [0.5, 0.6) is 0 Å². The maximum Gasteiger partial charge on any atom is 0.243 e. The first-order chi connectivity index (χ1) is 14.2.